The topological polar surface area (TPSA) is 72.3 Å². The zero-order chi connectivity index (χ0) is 13.8. The minimum Gasteiger partial charge on any atom is -0.477 e. The molecule has 0 atom stereocenters. The van der Waals surface area contributed by atoms with Crippen molar-refractivity contribution in [2.75, 3.05) is 6.61 Å². The maximum Gasteiger partial charge on any atom is 0.341 e. The second-order valence-electron chi connectivity index (χ2n) is 4.07. The van der Waals surface area contributed by atoms with E-state index in [0.29, 0.717) is 18.6 Å². The van der Waals surface area contributed by atoms with E-state index in [4.69, 9.17) is 9.84 Å². The highest BCUT2D eigenvalue weighted by atomic mass is 32.1. The minimum atomic E-state index is -1.02. The fourth-order valence-electron chi connectivity index (χ4n) is 1.71. The van der Waals surface area contributed by atoms with Gasteiger partial charge in [-0.3, -0.25) is 0 Å². The third kappa shape index (κ3) is 3.08. The number of hydrogen-bond donors (Lipinski definition) is 1. The molecule has 19 heavy (non-hydrogen) atoms. The normalized spacial score (nSPS) is 10.4. The van der Waals surface area contributed by atoms with E-state index in [2.05, 4.69) is 9.97 Å². The molecule has 0 aliphatic heterocycles. The lowest BCUT2D eigenvalue weighted by Crippen LogP contribution is -2.09. The van der Waals surface area contributed by atoms with Gasteiger partial charge in [0.2, 0.25) is 5.88 Å². The molecule has 0 radical (unpaired) electrons. The number of aromatic nitrogens is 2. The number of thiazole rings is 1. The molecule has 2 heterocycles. The maximum absolute atomic E-state index is 11.2. The van der Waals surface area contributed by atoms with Crippen LogP contribution in [0.2, 0.25) is 0 Å². The predicted octanol–water partition coefficient (Wildman–Crippen LogP) is 2.47. The van der Waals surface area contributed by atoms with E-state index in [0.717, 1.165) is 10.6 Å². The Balaban J connectivity index is 2.06. The van der Waals surface area contributed by atoms with Gasteiger partial charge in [0.25, 0.3) is 0 Å². The molecule has 0 bridgehead atoms. The molecule has 0 unspecified atom stereocenters. The maximum atomic E-state index is 11.2. The number of pyridine rings is 1. The minimum absolute atomic E-state index is 0.128. The molecule has 6 heteroatoms. The number of rotatable bonds is 5. The molecule has 1 N–H and O–H groups in total. The van der Waals surface area contributed by atoms with Crippen LogP contribution in [0.4, 0.5) is 0 Å². The van der Waals surface area contributed by atoms with Crippen molar-refractivity contribution >= 4 is 17.3 Å². The molecule has 5 nitrogen and oxygen atoms in total. The monoisotopic (exact) mass is 278 g/mol. The van der Waals surface area contributed by atoms with E-state index in [1.54, 1.807) is 36.0 Å². The van der Waals surface area contributed by atoms with Crippen LogP contribution in [0.1, 0.15) is 26.5 Å². The van der Waals surface area contributed by atoms with E-state index in [1.807, 2.05) is 6.92 Å². The van der Waals surface area contributed by atoms with Crippen molar-refractivity contribution in [1.82, 2.24) is 9.97 Å². The Morgan fingerprint density at radius 2 is 2.21 bits per heavy atom. The Kier molecular flexibility index (Phi) is 4.11. The fraction of sp³-hybridized carbons (Fsp3) is 0.308. The summed E-state index contributed by atoms with van der Waals surface area (Å²) in [7, 11) is 0. The first kappa shape index (κ1) is 13.5. The highest BCUT2D eigenvalue weighted by Crippen LogP contribution is 2.20. The van der Waals surface area contributed by atoms with Gasteiger partial charge in [-0.2, -0.15) is 0 Å². The van der Waals surface area contributed by atoms with Crippen LogP contribution in [0.15, 0.2) is 17.8 Å². The van der Waals surface area contributed by atoms with Crippen LogP contribution in [0.5, 0.6) is 5.88 Å². The molecule has 0 saturated carbocycles. The summed E-state index contributed by atoms with van der Waals surface area (Å²) in [6.45, 7) is 4.06. The quantitative estimate of drug-likeness (QED) is 0.909. The smallest absolute Gasteiger partial charge is 0.341 e. The molecule has 0 saturated heterocycles. The van der Waals surface area contributed by atoms with Crippen molar-refractivity contribution < 1.29 is 14.6 Å². The molecule has 2 rings (SSSR count). The number of aryl methyl sites for hydroxylation is 2. The summed E-state index contributed by atoms with van der Waals surface area (Å²) in [6, 6.07) is 1.66. The second-order valence-corrected chi connectivity index (χ2v) is 5.01. The van der Waals surface area contributed by atoms with Gasteiger partial charge in [-0.15, -0.1) is 11.3 Å². The van der Waals surface area contributed by atoms with Crippen molar-refractivity contribution in [2.45, 2.75) is 20.3 Å². The fourth-order valence-corrected chi connectivity index (χ4v) is 2.47. The molecule has 0 amide bonds. The molecule has 100 valence electrons. The van der Waals surface area contributed by atoms with Gasteiger partial charge in [-0.25, -0.2) is 14.8 Å². The Morgan fingerprint density at radius 3 is 2.84 bits per heavy atom. The largest absolute Gasteiger partial charge is 0.477 e. The highest BCUT2D eigenvalue weighted by Gasteiger charge is 2.15. The summed E-state index contributed by atoms with van der Waals surface area (Å²) < 4.78 is 5.49. The molecular formula is C13H14N2O3S. The molecule has 0 aromatic carbocycles. The van der Waals surface area contributed by atoms with Gasteiger partial charge in [-0.1, -0.05) is 0 Å². The van der Waals surface area contributed by atoms with E-state index in [1.165, 1.54) is 0 Å². The SMILES string of the molecule is Cc1ccnc(OCCc2scnc2C)c1C(=O)O. The van der Waals surface area contributed by atoms with Gasteiger partial charge in [0.1, 0.15) is 5.56 Å². The van der Waals surface area contributed by atoms with Gasteiger partial charge < -0.3 is 9.84 Å². The molecule has 0 aliphatic rings. The number of carboxylic acids is 1. The highest BCUT2D eigenvalue weighted by molar-refractivity contribution is 7.09. The lowest BCUT2D eigenvalue weighted by atomic mass is 10.1. The third-order valence-electron chi connectivity index (χ3n) is 2.75. The first-order valence-electron chi connectivity index (χ1n) is 5.80. The van der Waals surface area contributed by atoms with Crippen LogP contribution in [-0.2, 0) is 6.42 Å². The van der Waals surface area contributed by atoms with Crippen molar-refractivity contribution in [3.05, 3.63) is 39.5 Å². The summed E-state index contributed by atoms with van der Waals surface area (Å²) in [5.41, 5.74) is 3.55. The summed E-state index contributed by atoms with van der Waals surface area (Å²) in [5.74, 6) is -0.843. The zero-order valence-electron chi connectivity index (χ0n) is 10.7. The van der Waals surface area contributed by atoms with Crippen molar-refractivity contribution in [1.29, 1.82) is 0 Å². The van der Waals surface area contributed by atoms with E-state index in [-0.39, 0.29) is 11.4 Å². The number of nitrogens with zero attached hydrogens (tertiary/aromatic N) is 2. The average molecular weight is 278 g/mol. The van der Waals surface area contributed by atoms with Gasteiger partial charge in [0.15, 0.2) is 0 Å². The Bertz CT molecular complexity index is 595. The van der Waals surface area contributed by atoms with Gasteiger partial charge in [0.05, 0.1) is 17.8 Å². The molecule has 2 aromatic heterocycles. The van der Waals surface area contributed by atoms with Crippen LogP contribution in [0.25, 0.3) is 0 Å². The predicted molar refractivity (Wildman–Crippen MR) is 72.0 cm³/mol. The standard InChI is InChI=1S/C13H14N2O3S/c1-8-3-5-14-12(11(8)13(16)17)18-6-4-10-9(2)15-7-19-10/h3,5,7H,4,6H2,1-2H3,(H,16,17). The van der Waals surface area contributed by atoms with Gasteiger partial charge >= 0.3 is 5.97 Å². The zero-order valence-corrected chi connectivity index (χ0v) is 11.5. The molecular weight excluding hydrogens is 264 g/mol. The molecule has 2 aromatic rings. The van der Waals surface area contributed by atoms with Crippen LogP contribution in [-0.4, -0.2) is 27.7 Å². The summed E-state index contributed by atoms with van der Waals surface area (Å²) in [5, 5.41) is 9.15. The van der Waals surface area contributed by atoms with Crippen molar-refractivity contribution in [2.24, 2.45) is 0 Å². The van der Waals surface area contributed by atoms with Gasteiger partial charge in [-0.05, 0) is 25.5 Å². The third-order valence-corrected chi connectivity index (χ3v) is 3.75. The second kappa shape index (κ2) is 5.79. The number of aromatic carboxylic acids is 1. The van der Waals surface area contributed by atoms with Crippen LogP contribution < -0.4 is 4.74 Å². The van der Waals surface area contributed by atoms with Crippen molar-refractivity contribution in [3.8, 4) is 5.88 Å². The molecule has 0 fully saturated rings. The lowest BCUT2D eigenvalue weighted by molar-refractivity contribution is 0.0690. The summed E-state index contributed by atoms with van der Waals surface area (Å²) >= 11 is 1.57. The Morgan fingerprint density at radius 1 is 1.42 bits per heavy atom. The van der Waals surface area contributed by atoms with Crippen LogP contribution in [0.3, 0.4) is 0 Å². The van der Waals surface area contributed by atoms with Crippen LogP contribution >= 0.6 is 11.3 Å². The number of carbonyl (C=O) groups is 1. The summed E-state index contributed by atoms with van der Waals surface area (Å²) in [6.07, 6.45) is 2.25. The lowest BCUT2D eigenvalue weighted by Gasteiger charge is -2.09. The number of carboxylic acid groups (broad SMARTS) is 1. The average Bonchev–Trinajstić information content (AvgIpc) is 2.75. The van der Waals surface area contributed by atoms with E-state index in [9.17, 15) is 4.79 Å². The molecule has 0 spiro atoms. The summed E-state index contributed by atoms with van der Waals surface area (Å²) in [4.78, 5) is 20.4. The number of hydrogen-bond acceptors (Lipinski definition) is 5. The Hall–Kier alpha value is -1.95. The Labute approximate surface area is 114 Å². The van der Waals surface area contributed by atoms with Crippen LogP contribution in [0, 0.1) is 13.8 Å². The molecule has 0 aliphatic carbocycles. The first-order chi connectivity index (χ1) is 9.09. The number of ether oxygens (including phenoxy) is 1. The van der Waals surface area contributed by atoms with E-state index >= 15 is 0 Å². The van der Waals surface area contributed by atoms with E-state index < -0.39 is 5.97 Å². The van der Waals surface area contributed by atoms with Crippen molar-refractivity contribution in [3.63, 3.8) is 0 Å². The first-order valence-corrected chi connectivity index (χ1v) is 6.68. The van der Waals surface area contributed by atoms with Gasteiger partial charge in [0, 0.05) is 17.5 Å².